The summed E-state index contributed by atoms with van der Waals surface area (Å²) in [5, 5.41) is 1.28. The Kier molecular flexibility index (Phi) is 6.05. The largest absolute Gasteiger partial charge is 0.493 e. The standard InChI is InChI=1S/C20H19ClFN3O4S2/c1-29-19-15(21)6-7-16-18(19)23-20(30-16)25-10-8-24(9-11-25)17(26)12-31(27,28)14-4-2-13(22)3-5-14/h2-7H,8-12H2,1H3. The number of amides is 1. The van der Waals surface area contributed by atoms with E-state index >= 15 is 0 Å². The van der Waals surface area contributed by atoms with Crippen molar-refractivity contribution in [3.63, 3.8) is 0 Å². The van der Waals surface area contributed by atoms with E-state index in [0.717, 1.165) is 22.0 Å². The number of piperazine rings is 1. The first-order valence-electron chi connectivity index (χ1n) is 9.42. The van der Waals surface area contributed by atoms with E-state index in [1.54, 1.807) is 13.2 Å². The van der Waals surface area contributed by atoms with Crippen molar-refractivity contribution in [2.45, 2.75) is 4.90 Å². The van der Waals surface area contributed by atoms with Gasteiger partial charge in [0.1, 0.15) is 17.1 Å². The van der Waals surface area contributed by atoms with Crippen LogP contribution in [0.25, 0.3) is 10.2 Å². The fraction of sp³-hybridized carbons (Fsp3) is 0.300. The molecule has 164 valence electrons. The summed E-state index contributed by atoms with van der Waals surface area (Å²) in [7, 11) is -2.28. The number of nitrogens with zero attached hydrogens (tertiary/aromatic N) is 3. The van der Waals surface area contributed by atoms with Gasteiger partial charge in [-0.25, -0.2) is 17.8 Å². The highest BCUT2D eigenvalue weighted by Crippen LogP contribution is 2.38. The lowest BCUT2D eigenvalue weighted by molar-refractivity contribution is -0.128. The van der Waals surface area contributed by atoms with Crippen LogP contribution < -0.4 is 9.64 Å². The number of benzene rings is 2. The minimum atomic E-state index is -3.83. The molecular formula is C20H19ClFN3O4S2. The number of thiazole rings is 1. The van der Waals surface area contributed by atoms with Crippen molar-refractivity contribution in [1.29, 1.82) is 0 Å². The van der Waals surface area contributed by atoms with Crippen LogP contribution in [0, 0.1) is 5.82 Å². The normalized spacial score (nSPS) is 14.8. The maximum atomic E-state index is 13.0. The van der Waals surface area contributed by atoms with Gasteiger partial charge >= 0.3 is 0 Å². The van der Waals surface area contributed by atoms with Crippen LogP contribution in [0.2, 0.25) is 5.02 Å². The molecule has 2 aromatic carbocycles. The fourth-order valence-electron chi connectivity index (χ4n) is 3.39. The van der Waals surface area contributed by atoms with Crippen LogP contribution in [-0.2, 0) is 14.6 Å². The average Bonchev–Trinajstić information content (AvgIpc) is 3.18. The molecular weight excluding hydrogens is 465 g/mol. The highest BCUT2D eigenvalue weighted by atomic mass is 35.5. The van der Waals surface area contributed by atoms with Crippen LogP contribution in [0.15, 0.2) is 41.3 Å². The summed E-state index contributed by atoms with van der Waals surface area (Å²) in [6, 6.07) is 8.13. The second-order valence-corrected chi connectivity index (χ2v) is 10.4. The smallest absolute Gasteiger partial charge is 0.238 e. The highest BCUT2D eigenvalue weighted by molar-refractivity contribution is 7.92. The number of methoxy groups -OCH3 is 1. The van der Waals surface area contributed by atoms with E-state index in [9.17, 15) is 17.6 Å². The molecule has 31 heavy (non-hydrogen) atoms. The minimum Gasteiger partial charge on any atom is -0.493 e. The average molecular weight is 484 g/mol. The van der Waals surface area contributed by atoms with Gasteiger partial charge in [-0.3, -0.25) is 4.79 Å². The van der Waals surface area contributed by atoms with Crippen molar-refractivity contribution in [3.8, 4) is 5.75 Å². The molecule has 1 aromatic heterocycles. The highest BCUT2D eigenvalue weighted by Gasteiger charge is 2.28. The van der Waals surface area contributed by atoms with Gasteiger partial charge in [0.25, 0.3) is 0 Å². The van der Waals surface area contributed by atoms with Crippen molar-refractivity contribution < 1.29 is 22.3 Å². The van der Waals surface area contributed by atoms with Gasteiger partial charge in [-0.1, -0.05) is 22.9 Å². The van der Waals surface area contributed by atoms with Crippen LogP contribution in [0.1, 0.15) is 0 Å². The maximum absolute atomic E-state index is 13.0. The summed E-state index contributed by atoms with van der Waals surface area (Å²) in [4.78, 5) is 20.7. The number of carbonyl (C=O) groups excluding carboxylic acids is 1. The van der Waals surface area contributed by atoms with E-state index in [1.807, 2.05) is 6.07 Å². The molecule has 0 bridgehead atoms. The first kappa shape index (κ1) is 21.8. The van der Waals surface area contributed by atoms with E-state index in [2.05, 4.69) is 9.88 Å². The van der Waals surface area contributed by atoms with E-state index in [4.69, 9.17) is 16.3 Å². The van der Waals surface area contributed by atoms with Crippen molar-refractivity contribution in [2.24, 2.45) is 0 Å². The lowest BCUT2D eigenvalue weighted by Crippen LogP contribution is -2.50. The molecule has 7 nitrogen and oxygen atoms in total. The molecule has 0 spiro atoms. The number of anilines is 1. The molecule has 0 unspecified atom stereocenters. The van der Waals surface area contributed by atoms with Gasteiger partial charge in [0.05, 0.1) is 21.7 Å². The van der Waals surface area contributed by atoms with Gasteiger partial charge in [0.2, 0.25) is 5.91 Å². The maximum Gasteiger partial charge on any atom is 0.238 e. The summed E-state index contributed by atoms with van der Waals surface area (Å²) in [6.07, 6.45) is 0. The Morgan fingerprint density at radius 2 is 1.84 bits per heavy atom. The third kappa shape index (κ3) is 4.46. The lowest BCUT2D eigenvalue weighted by atomic mass is 10.3. The molecule has 0 aliphatic carbocycles. The predicted molar refractivity (Wildman–Crippen MR) is 118 cm³/mol. The summed E-state index contributed by atoms with van der Waals surface area (Å²) < 4.78 is 44.3. The minimum absolute atomic E-state index is 0.0667. The number of hydrogen-bond donors (Lipinski definition) is 0. The molecule has 1 aliphatic heterocycles. The van der Waals surface area contributed by atoms with Crippen molar-refractivity contribution in [2.75, 3.05) is 43.9 Å². The Morgan fingerprint density at radius 1 is 1.16 bits per heavy atom. The molecule has 0 radical (unpaired) electrons. The molecule has 0 atom stereocenters. The molecule has 0 saturated carbocycles. The van der Waals surface area contributed by atoms with Gasteiger partial charge in [0.15, 0.2) is 20.7 Å². The summed E-state index contributed by atoms with van der Waals surface area (Å²) in [5.41, 5.74) is 0.693. The lowest BCUT2D eigenvalue weighted by Gasteiger charge is -2.34. The van der Waals surface area contributed by atoms with E-state index in [0.29, 0.717) is 42.5 Å². The fourth-order valence-corrected chi connectivity index (χ4v) is 5.86. The van der Waals surface area contributed by atoms with Crippen molar-refractivity contribution in [1.82, 2.24) is 9.88 Å². The Balaban J connectivity index is 1.42. The van der Waals surface area contributed by atoms with Crippen LogP contribution in [0.3, 0.4) is 0 Å². The van der Waals surface area contributed by atoms with E-state index < -0.39 is 27.3 Å². The topological polar surface area (TPSA) is 79.8 Å². The second-order valence-electron chi connectivity index (χ2n) is 7.00. The van der Waals surface area contributed by atoms with Crippen LogP contribution in [-0.4, -0.2) is 63.3 Å². The zero-order valence-corrected chi connectivity index (χ0v) is 18.9. The number of aromatic nitrogens is 1. The number of hydrogen-bond acceptors (Lipinski definition) is 7. The van der Waals surface area contributed by atoms with Crippen LogP contribution >= 0.6 is 22.9 Å². The molecule has 3 aromatic rings. The van der Waals surface area contributed by atoms with Gasteiger partial charge in [-0.05, 0) is 36.4 Å². The Bertz CT molecular complexity index is 1220. The SMILES string of the molecule is COc1c(Cl)ccc2sc(N3CCN(C(=O)CS(=O)(=O)c4ccc(F)cc4)CC3)nc12. The molecule has 4 rings (SSSR count). The van der Waals surface area contributed by atoms with Crippen LogP contribution in [0.5, 0.6) is 5.75 Å². The second kappa shape index (κ2) is 8.60. The Hall–Kier alpha value is -2.43. The summed E-state index contributed by atoms with van der Waals surface area (Å²) >= 11 is 7.68. The molecule has 1 saturated heterocycles. The van der Waals surface area contributed by atoms with Crippen molar-refractivity contribution >= 4 is 54.0 Å². The number of rotatable bonds is 5. The Labute approximate surface area is 187 Å². The van der Waals surface area contributed by atoms with E-state index in [1.165, 1.54) is 28.4 Å². The molecule has 0 N–H and O–H groups in total. The summed E-state index contributed by atoms with van der Waals surface area (Å²) in [5.74, 6) is -1.12. The van der Waals surface area contributed by atoms with Gasteiger partial charge < -0.3 is 14.5 Å². The van der Waals surface area contributed by atoms with E-state index in [-0.39, 0.29) is 4.90 Å². The predicted octanol–water partition coefficient (Wildman–Crippen LogP) is 3.22. The Morgan fingerprint density at radius 3 is 2.48 bits per heavy atom. The monoisotopic (exact) mass is 483 g/mol. The number of fused-ring (bicyclic) bond motifs is 1. The number of halogens is 2. The molecule has 1 fully saturated rings. The summed E-state index contributed by atoms with van der Waals surface area (Å²) in [6.45, 7) is 1.81. The van der Waals surface area contributed by atoms with Crippen molar-refractivity contribution in [3.05, 3.63) is 47.2 Å². The quantitative estimate of drug-likeness (QED) is 0.518. The first-order chi connectivity index (χ1) is 14.8. The third-order valence-corrected chi connectivity index (χ3v) is 8.04. The molecule has 2 heterocycles. The number of carbonyl (C=O) groups is 1. The zero-order valence-electron chi connectivity index (χ0n) is 16.5. The van der Waals surface area contributed by atoms with Crippen LogP contribution in [0.4, 0.5) is 9.52 Å². The molecule has 11 heteroatoms. The number of ether oxygens (including phenoxy) is 1. The molecule has 1 amide bonds. The van der Waals surface area contributed by atoms with Gasteiger partial charge in [-0.15, -0.1) is 0 Å². The van der Waals surface area contributed by atoms with Gasteiger partial charge in [0, 0.05) is 26.2 Å². The first-order valence-corrected chi connectivity index (χ1v) is 12.3. The molecule has 1 aliphatic rings. The van der Waals surface area contributed by atoms with Gasteiger partial charge in [-0.2, -0.15) is 0 Å². The third-order valence-electron chi connectivity index (χ3n) is 5.05. The zero-order chi connectivity index (χ0) is 22.2. The number of sulfone groups is 1.